The monoisotopic (exact) mass is 436 g/mol. The van der Waals surface area contributed by atoms with Crippen molar-refractivity contribution >= 4 is 29.2 Å². The number of aromatic carboxylic acids is 1. The molecule has 158 valence electrons. The second-order valence-corrected chi connectivity index (χ2v) is 7.90. The SMILES string of the molecule is N#Cc1ccc(NC(=O)C(O)(C#Cc2ccc(C(=O)O)cc2)C2CCCCC2)cc1Cl. The van der Waals surface area contributed by atoms with Crippen molar-refractivity contribution in [3.05, 3.63) is 64.2 Å². The largest absolute Gasteiger partial charge is 0.478 e. The molecule has 1 atom stereocenters. The van der Waals surface area contributed by atoms with Crippen molar-refractivity contribution in [2.45, 2.75) is 37.7 Å². The second-order valence-electron chi connectivity index (χ2n) is 7.49. The first-order valence-electron chi connectivity index (χ1n) is 9.93. The number of carbonyl (C=O) groups excluding carboxylic acids is 1. The molecule has 31 heavy (non-hydrogen) atoms. The van der Waals surface area contributed by atoms with Gasteiger partial charge in [0.2, 0.25) is 5.60 Å². The summed E-state index contributed by atoms with van der Waals surface area (Å²) in [5.41, 5.74) is -0.661. The topological polar surface area (TPSA) is 110 Å². The molecule has 1 fully saturated rings. The third-order valence-electron chi connectivity index (χ3n) is 5.42. The van der Waals surface area contributed by atoms with E-state index < -0.39 is 17.5 Å². The van der Waals surface area contributed by atoms with Gasteiger partial charge >= 0.3 is 5.97 Å². The van der Waals surface area contributed by atoms with Crippen LogP contribution >= 0.6 is 11.6 Å². The summed E-state index contributed by atoms with van der Waals surface area (Å²) in [6.07, 6.45) is 4.19. The molecular weight excluding hydrogens is 416 g/mol. The molecule has 2 aromatic carbocycles. The van der Waals surface area contributed by atoms with Crippen LogP contribution in [0.4, 0.5) is 5.69 Å². The fraction of sp³-hybridized carbons (Fsp3) is 0.292. The summed E-state index contributed by atoms with van der Waals surface area (Å²) >= 11 is 6.05. The van der Waals surface area contributed by atoms with Crippen LogP contribution in [0.5, 0.6) is 0 Å². The number of rotatable bonds is 4. The second kappa shape index (κ2) is 9.66. The lowest BCUT2D eigenvalue weighted by Crippen LogP contribution is -2.48. The third kappa shape index (κ3) is 5.24. The van der Waals surface area contributed by atoms with E-state index in [9.17, 15) is 14.7 Å². The van der Waals surface area contributed by atoms with Crippen LogP contribution < -0.4 is 5.32 Å². The molecule has 0 bridgehead atoms. The number of amides is 1. The number of hydrogen-bond donors (Lipinski definition) is 3. The minimum Gasteiger partial charge on any atom is -0.478 e. The van der Waals surface area contributed by atoms with E-state index in [2.05, 4.69) is 17.2 Å². The number of aliphatic hydroxyl groups is 1. The lowest BCUT2D eigenvalue weighted by atomic mass is 9.76. The molecule has 0 radical (unpaired) electrons. The molecule has 1 saturated carbocycles. The van der Waals surface area contributed by atoms with Gasteiger partial charge in [0.25, 0.3) is 5.91 Å². The average Bonchev–Trinajstić information content (AvgIpc) is 2.78. The summed E-state index contributed by atoms with van der Waals surface area (Å²) in [4.78, 5) is 24.1. The van der Waals surface area contributed by atoms with Gasteiger partial charge in [-0.15, -0.1) is 0 Å². The minimum absolute atomic E-state index is 0.128. The Kier molecular flexibility index (Phi) is 6.97. The molecule has 0 heterocycles. The Balaban J connectivity index is 1.90. The molecule has 1 aliphatic carbocycles. The molecule has 3 rings (SSSR count). The van der Waals surface area contributed by atoms with Crippen molar-refractivity contribution in [3.8, 4) is 17.9 Å². The van der Waals surface area contributed by atoms with Crippen LogP contribution in [-0.2, 0) is 4.79 Å². The van der Waals surface area contributed by atoms with Crippen LogP contribution in [-0.4, -0.2) is 27.7 Å². The number of carbonyl (C=O) groups is 2. The lowest BCUT2D eigenvalue weighted by molar-refractivity contribution is -0.134. The summed E-state index contributed by atoms with van der Waals surface area (Å²) in [7, 11) is 0. The lowest BCUT2D eigenvalue weighted by Gasteiger charge is -2.33. The molecule has 1 amide bonds. The fourth-order valence-corrected chi connectivity index (χ4v) is 3.86. The number of anilines is 1. The maximum absolute atomic E-state index is 13.1. The number of carboxylic acid groups (broad SMARTS) is 1. The number of benzene rings is 2. The summed E-state index contributed by atoms with van der Waals surface area (Å²) < 4.78 is 0. The Morgan fingerprint density at radius 3 is 2.35 bits per heavy atom. The zero-order chi connectivity index (χ0) is 22.4. The fourth-order valence-electron chi connectivity index (χ4n) is 3.64. The minimum atomic E-state index is -1.92. The highest BCUT2D eigenvalue weighted by Crippen LogP contribution is 2.34. The summed E-state index contributed by atoms with van der Waals surface area (Å²) in [6.45, 7) is 0. The summed E-state index contributed by atoms with van der Waals surface area (Å²) in [5.74, 6) is 3.54. The first-order chi connectivity index (χ1) is 14.8. The zero-order valence-corrected chi connectivity index (χ0v) is 17.4. The van der Waals surface area contributed by atoms with Crippen molar-refractivity contribution in [2.24, 2.45) is 5.92 Å². The van der Waals surface area contributed by atoms with Gasteiger partial charge in [-0.3, -0.25) is 4.79 Å². The number of halogens is 1. The van der Waals surface area contributed by atoms with Crippen molar-refractivity contribution < 1.29 is 19.8 Å². The maximum Gasteiger partial charge on any atom is 0.335 e. The highest BCUT2D eigenvalue weighted by Gasteiger charge is 2.43. The van der Waals surface area contributed by atoms with E-state index in [0.29, 0.717) is 24.1 Å². The van der Waals surface area contributed by atoms with Crippen molar-refractivity contribution in [1.82, 2.24) is 0 Å². The Hall–Kier alpha value is -3.32. The predicted octanol–water partition coefficient (Wildman–Crippen LogP) is 4.21. The smallest absolute Gasteiger partial charge is 0.335 e. The molecule has 3 N–H and O–H groups in total. The standard InChI is InChI=1S/C24H21ClN2O4/c25-21-14-20(11-10-18(21)15-26)27-23(30)24(31,19-4-2-1-3-5-19)13-12-16-6-8-17(9-7-16)22(28)29/h6-11,14,19,31H,1-5H2,(H,27,30)(H,28,29). The average molecular weight is 437 g/mol. The van der Waals surface area contributed by atoms with Crippen LogP contribution in [0.3, 0.4) is 0 Å². The highest BCUT2D eigenvalue weighted by atomic mass is 35.5. The van der Waals surface area contributed by atoms with E-state index in [1.807, 2.05) is 6.07 Å². The molecule has 0 saturated heterocycles. The van der Waals surface area contributed by atoms with E-state index >= 15 is 0 Å². The zero-order valence-electron chi connectivity index (χ0n) is 16.7. The molecular formula is C24H21ClN2O4. The van der Waals surface area contributed by atoms with Gasteiger partial charge in [0.1, 0.15) is 6.07 Å². The van der Waals surface area contributed by atoms with Crippen LogP contribution in [0, 0.1) is 29.1 Å². The number of nitriles is 1. The van der Waals surface area contributed by atoms with Gasteiger partial charge < -0.3 is 15.5 Å². The van der Waals surface area contributed by atoms with Gasteiger partial charge in [-0.05, 0) is 55.3 Å². The van der Waals surface area contributed by atoms with Gasteiger partial charge in [0.05, 0.1) is 16.1 Å². The molecule has 2 aromatic rings. The predicted molar refractivity (Wildman–Crippen MR) is 117 cm³/mol. The Morgan fingerprint density at radius 1 is 1.10 bits per heavy atom. The van der Waals surface area contributed by atoms with Crippen LogP contribution in [0.25, 0.3) is 0 Å². The van der Waals surface area contributed by atoms with Crippen molar-refractivity contribution in [3.63, 3.8) is 0 Å². The van der Waals surface area contributed by atoms with E-state index in [4.69, 9.17) is 22.0 Å². The van der Waals surface area contributed by atoms with E-state index in [1.165, 1.54) is 36.4 Å². The molecule has 6 nitrogen and oxygen atoms in total. The number of nitrogens with one attached hydrogen (secondary N) is 1. The number of nitrogens with zero attached hydrogens (tertiary/aromatic N) is 1. The van der Waals surface area contributed by atoms with Crippen LogP contribution in [0.1, 0.15) is 53.6 Å². The van der Waals surface area contributed by atoms with Gasteiger partial charge in [-0.1, -0.05) is 42.7 Å². The number of hydrogen-bond acceptors (Lipinski definition) is 4. The number of carboxylic acids is 1. The summed E-state index contributed by atoms with van der Waals surface area (Å²) in [5, 5.41) is 32.3. The van der Waals surface area contributed by atoms with Gasteiger partial charge in [0, 0.05) is 17.2 Å². The van der Waals surface area contributed by atoms with E-state index in [0.717, 1.165) is 19.3 Å². The first kappa shape index (κ1) is 22.4. The molecule has 0 spiro atoms. The normalized spacial score (nSPS) is 15.6. The first-order valence-corrected chi connectivity index (χ1v) is 10.3. The highest BCUT2D eigenvalue weighted by molar-refractivity contribution is 6.32. The van der Waals surface area contributed by atoms with Crippen LogP contribution in [0.2, 0.25) is 5.02 Å². The van der Waals surface area contributed by atoms with Gasteiger partial charge in [0.15, 0.2) is 0 Å². The molecule has 1 aliphatic rings. The molecule has 0 aromatic heterocycles. The quantitative estimate of drug-likeness (QED) is 0.622. The van der Waals surface area contributed by atoms with Crippen LogP contribution in [0.15, 0.2) is 42.5 Å². The molecule has 7 heteroatoms. The molecule has 1 unspecified atom stereocenters. The Morgan fingerprint density at radius 2 is 1.77 bits per heavy atom. The van der Waals surface area contributed by atoms with Gasteiger partial charge in [-0.2, -0.15) is 5.26 Å². The van der Waals surface area contributed by atoms with Crippen molar-refractivity contribution in [2.75, 3.05) is 5.32 Å². The van der Waals surface area contributed by atoms with Gasteiger partial charge in [-0.25, -0.2) is 4.79 Å². The van der Waals surface area contributed by atoms with E-state index in [-0.39, 0.29) is 22.1 Å². The maximum atomic E-state index is 13.1. The third-order valence-corrected chi connectivity index (χ3v) is 5.73. The van der Waals surface area contributed by atoms with Crippen molar-refractivity contribution in [1.29, 1.82) is 5.26 Å². The van der Waals surface area contributed by atoms with E-state index in [1.54, 1.807) is 6.07 Å². The summed E-state index contributed by atoms with van der Waals surface area (Å²) in [6, 6.07) is 12.4. The Bertz CT molecular complexity index is 1090. The molecule has 0 aliphatic heterocycles. The Labute approximate surface area is 185 Å².